The van der Waals surface area contributed by atoms with Crippen molar-refractivity contribution in [1.82, 2.24) is 13.9 Å². The van der Waals surface area contributed by atoms with E-state index in [1.54, 1.807) is 48.5 Å². The maximum absolute atomic E-state index is 12.8. The molecule has 0 fully saturated rings. The predicted molar refractivity (Wildman–Crippen MR) is 101 cm³/mol. The van der Waals surface area contributed by atoms with Crippen LogP contribution in [0.25, 0.3) is 11.0 Å². The third-order valence-electron chi connectivity index (χ3n) is 3.99. The lowest BCUT2D eigenvalue weighted by Crippen LogP contribution is -2.13. The summed E-state index contributed by atoms with van der Waals surface area (Å²) in [5.74, 6) is 0.0137. The second-order valence-electron chi connectivity index (χ2n) is 5.72. The van der Waals surface area contributed by atoms with Gasteiger partial charge in [0.1, 0.15) is 5.82 Å². The van der Waals surface area contributed by atoms with Crippen molar-refractivity contribution in [3.8, 4) is 0 Å². The molecule has 0 aliphatic carbocycles. The highest BCUT2D eigenvalue weighted by Crippen LogP contribution is 2.22. The molecule has 0 bridgehead atoms. The lowest BCUT2D eigenvalue weighted by Gasteiger charge is -2.08. The highest BCUT2D eigenvalue weighted by Gasteiger charge is 2.19. The molecular formula is C19H14N4O3S. The van der Waals surface area contributed by atoms with Crippen LogP contribution in [0.1, 0.15) is 10.4 Å². The molecular weight excluding hydrogens is 364 g/mol. The normalized spacial score (nSPS) is 11.4. The van der Waals surface area contributed by atoms with Crippen molar-refractivity contribution in [2.45, 2.75) is 4.90 Å². The van der Waals surface area contributed by atoms with Crippen LogP contribution in [-0.4, -0.2) is 28.3 Å². The summed E-state index contributed by atoms with van der Waals surface area (Å²) in [4.78, 5) is 20.6. The van der Waals surface area contributed by atoms with Crippen molar-refractivity contribution in [2.24, 2.45) is 0 Å². The van der Waals surface area contributed by atoms with Gasteiger partial charge in [-0.25, -0.2) is 17.4 Å². The highest BCUT2D eigenvalue weighted by molar-refractivity contribution is 7.90. The average Bonchev–Trinajstić information content (AvgIpc) is 3.13. The third-order valence-corrected chi connectivity index (χ3v) is 5.70. The Morgan fingerprint density at radius 2 is 1.67 bits per heavy atom. The lowest BCUT2D eigenvalue weighted by molar-refractivity contribution is 0.102. The minimum atomic E-state index is -3.72. The van der Waals surface area contributed by atoms with Gasteiger partial charge in [-0.15, -0.1) is 0 Å². The summed E-state index contributed by atoms with van der Waals surface area (Å²) >= 11 is 0. The van der Waals surface area contributed by atoms with E-state index in [2.05, 4.69) is 15.3 Å². The summed E-state index contributed by atoms with van der Waals surface area (Å²) in [5.41, 5.74) is 1.35. The zero-order valence-corrected chi connectivity index (χ0v) is 14.8. The van der Waals surface area contributed by atoms with Crippen molar-refractivity contribution in [2.75, 3.05) is 5.32 Å². The molecule has 27 heavy (non-hydrogen) atoms. The third kappa shape index (κ3) is 3.18. The van der Waals surface area contributed by atoms with Gasteiger partial charge in [0.05, 0.1) is 15.9 Å². The number of rotatable bonds is 4. The smallest absolute Gasteiger partial charge is 0.268 e. The van der Waals surface area contributed by atoms with Crippen LogP contribution in [0, 0.1) is 0 Å². The van der Waals surface area contributed by atoms with E-state index in [0.717, 1.165) is 0 Å². The molecule has 4 aromatic rings. The van der Waals surface area contributed by atoms with Crippen molar-refractivity contribution in [3.05, 3.63) is 84.8 Å². The van der Waals surface area contributed by atoms with Crippen LogP contribution in [0.2, 0.25) is 0 Å². The van der Waals surface area contributed by atoms with Gasteiger partial charge in [0.15, 0.2) is 0 Å². The molecule has 0 aliphatic rings. The number of carbonyl (C=O) groups is 1. The number of anilines is 1. The molecule has 134 valence electrons. The van der Waals surface area contributed by atoms with E-state index < -0.39 is 10.0 Å². The first kappa shape index (κ1) is 16.9. The number of pyridine rings is 2. The Balaban J connectivity index is 1.67. The Morgan fingerprint density at radius 1 is 0.926 bits per heavy atom. The summed E-state index contributed by atoms with van der Waals surface area (Å²) in [6.45, 7) is 0. The van der Waals surface area contributed by atoms with Gasteiger partial charge in [0, 0.05) is 24.2 Å². The van der Waals surface area contributed by atoms with Crippen LogP contribution in [0.15, 0.2) is 84.1 Å². The molecule has 1 N–H and O–H groups in total. The zero-order chi connectivity index (χ0) is 18.9. The van der Waals surface area contributed by atoms with Crippen LogP contribution in [0.5, 0.6) is 0 Å². The van der Waals surface area contributed by atoms with E-state index in [0.29, 0.717) is 22.4 Å². The molecule has 0 aliphatic heterocycles. The van der Waals surface area contributed by atoms with E-state index in [4.69, 9.17) is 0 Å². The van der Waals surface area contributed by atoms with E-state index in [1.807, 2.05) is 0 Å². The summed E-state index contributed by atoms with van der Waals surface area (Å²) in [6, 6.07) is 16.1. The van der Waals surface area contributed by atoms with E-state index in [-0.39, 0.29) is 10.8 Å². The van der Waals surface area contributed by atoms with Gasteiger partial charge < -0.3 is 5.32 Å². The molecule has 8 heteroatoms. The lowest BCUT2D eigenvalue weighted by atomic mass is 10.2. The predicted octanol–water partition coefficient (Wildman–Crippen LogP) is 2.92. The summed E-state index contributed by atoms with van der Waals surface area (Å²) in [6.07, 6.45) is 4.51. The molecule has 3 aromatic heterocycles. The minimum Gasteiger partial charge on any atom is -0.307 e. The van der Waals surface area contributed by atoms with E-state index >= 15 is 0 Å². The maximum atomic E-state index is 12.8. The minimum absolute atomic E-state index is 0.192. The van der Waals surface area contributed by atoms with Crippen molar-refractivity contribution >= 4 is 32.8 Å². The number of hydrogen-bond acceptors (Lipinski definition) is 5. The topological polar surface area (TPSA) is 94.0 Å². The van der Waals surface area contributed by atoms with Crippen LogP contribution < -0.4 is 5.32 Å². The number of fused-ring (bicyclic) bond motifs is 1. The Hall–Kier alpha value is -3.52. The van der Waals surface area contributed by atoms with E-state index in [9.17, 15) is 13.2 Å². The molecule has 4 rings (SSSR count). The molecule has 1 aromatic carbocycles. The Kier molecular flexibility index (Phi) is 4.17. The van der Waals surface area contributed by atoms with Gasteiger partial charge in [-0.3, -0.25) is 9.78 Å². The monoisotopic (exact) mass is 378 g/mol. The van der Waals surface area contributed by atoms with Crippen LogP contribution in [0.4, 0.5) is 5.82 Å². The summed E-state index contributed by atoms with van der Waals surface area (Å²) < 4.78 is 26.8. The molecule has 3 heterocycles. The quantitative estimate of drug-likeness (QED) is 0.589. The second-order valence-corrected chi connectivity index (χ2v) is 7.54. The highest BCUT2D eigenvalue weighted by atomic mass is 32.2. The largest absolute Gasteiger partial charge is 0.307 e. The van der Waals surface area contributed by atoms with Crippen molar-refractivity contribution in [3.63, 3.8) is 0 Å². The number of amides is 1. The van der Waals surface area contributed by atoms with E-state index in [1.165, 1.54) is 34.7 Å². The molecule has 0 saturated carbocycles. The number of hydrogen-bond donors (Lipinski definition) is 1. The first-order valence-corrected chi connectivity index (χ1v) is 9.50. The maximum Gasteiger partial charge on any atom is 0.268 e. The molecule has 0 saturated heterocycles. The fraction of sp³-hybridized carbons (Fsp3) is 0. The number of aromatic nitrogens is 3. The van der Waals surface area contributed by atoms with Crippen LogP contribution in [-0.2, 0) is 10.0 Å². The second kappa shape index (κ2) is 6.65. The van der Waals surface area contributed by atoms with Crippen molar-refractivity contribution in [1.29, 1.82) is 0 Å². The van der Waals surface area contributed by atoms with Gasteiger partial charge in [-0.1, -0.05) is 18.2 Å². The fourth-order valence-corrected chi connectivity index (χ4v) is 4.03. The Morgan fingerprint density at radius 3 is 2.41 bits per heavy atom. The zero-order valence-electron chi connectivity index (χ0n) is 14.0. The van der Waals surface area contributed by atoms with Gasteiger partial charge in [-0.2, -0.15) is 0 Å². The molecule has 1 amide bonds. The Labute approximate surface area is 155 Å². The number of nitrogens with zero attached hydrogens (tertiary/aromatic N) is 3. The van der Waals surface area contributed by atoms with Gasteiger partial charge >= 0.3 is 0 Å². The number of benzene rings is 1. The standard InChI is InChI=1S/C19H14N4O3S/c24-19(14-8-11-20-12-9-14)22-18-7-6-17-16(21-18)10-13-23(17)27(25,26)15-4-2-1-3-5-15/h1-13H,(H,21,22,24). The SMILES string of the molecule is O=C(Nc1ccc2c(ccn2S(=O)(=O)c2ccccc2)n1)c1ccncc1. The number of nitrogens with one attached hydrogen (secondary N) is 1. The summed E-state index contributed by atoms with van der Waals surface area (Å²) in [7, 11) is -3.72. The fourth-order valence-electron chi connectivity index (χ4n) is 2.67. The van der Waals surface area contributed by atoms with Gasteiger partial charge in [0.2, 0.25) is 0 Å². The molecule has 7 nitrogen and oxygen atoms in total. The molecule has 0 radical (unpaired) electrons. The number of carbonyl (C=O) groups excluding carboxylic acids is 1. The Bertz CT molecular complexity index is 1220. The summed E-state index contributed by atoms with van der Waals surface area (Å²) in [5, 5.41) is 2.69. The first-order valence-electron chi connectivity index (χ1n) is 8.06. The van der Waals surface area contributed by atoms with Gasteiger partial charge in [0.25, 0.3) is 15.9 Å². The van der Waals surface area contributed by atoms with Gasteiger partial charge in [-0.05, 0) is 42.5 Å². The molecule has 0 atom stereocenters. The molecule has 0 unspecified atom stereocenters. The average molecular weight is 378 g/mol. The van der Waals surface area contributed by atoms with Crippen molar-refractivity contribution < 1.29 is 13.2 Å². The molecule has 0 spiro atoms. The van der Waals surface area contributed by atoms with Crippen LogP contribution in [0.3, 0.4) is 0 Å². The van der Waals surface area contributed by atoms with Crippen LogP contribution >= 0.6 is 0 Å². The first-order chi connectivity index (χ1) is 13.1.